The summed E-state index contributed by atoms with van der Waals surface area (Å²) in [6, 6.07) is 10.2. The molecule has 2 rings (SSSR count). The lowest BCUT2D eigenvalue weighted by Crippen LogP contribution is -2.03. The molecule has 0 atom stereocenters. The van der Waals surface area contributed by atoms with Gasteiger partial charge in [0.15, 0.2) is 0 Å². The van der Waals surface area contributed by atoms with Gasteiger partial charge in [-0.05, 0) is 24.3 Å². The van der Waals surface area contributed by atoms with Crippen LogP contribution in [0.15, 0.2) is 41.2 Å². The van der Waals surface area contributed by atoms with Gasteiger partial charge < -0.3 is 9.72 Å². The van der Waals surface area contributed by atoms with Crippen LogP contribution in [0.3, 0.4) is 0 Å². The van der Waals surface area contributed by atoms with Gasteiger partial charge in [-0.2, -0.15) is 0 Å². The van der Waals surface area contributed by atoms with Crippen molar-refractivity contribution in [3.05, 3.63) is 51.8 Å². The Morgan fingerprint density at radius 3 is 2.75 bits per heavy atom. The fourth-order valence-corrected chi connectivity index (χ4v) is 1.66. The number of ether oxygens (including phenoxy) is 1. The van der Waals surface area contributed by atoms with Crippen molar-refractivity contribution < 1.29 is 4.74 Å². The van der Waals surface area contributed by atoms with Gasteiger partial charge >= 0.3 is 0 Å². The van der Waals surface area contributed by atoms with E-state index in [9.17, 15) is 4.79 Å². The van der Waals surface area contributed by atoms with Crippen molar-refractivity contribution in [3.63, 3.8) is 0 Å². The number of H-pyrrole nitrogens is 1. The largest absolute Gasteiger partial charge is 0.497 e. The van der Waals surface area contributed by atoms with Gasteiger partial charge in [-0.25, -0.2) is 0 Å². The lowest BCUT2D eigenvalue weighted by Gasteiger charge is -2.06. The Hall–Kier alpha value is -1.74. The molecule has 1 aromatic carbocycles. The van der Waals surface area contributed by atoms with E-state index in [2.05, 4.69) is 4.98 Å². The first-order chi connectivity index (χ1) is 7.70. The fourth-order valence-electron chi connectivity index (χ4n) is 1.44. The molecule has 0 fully saturated rings. The molecule has 0 unspecified atom stereocenters. The highest BCUT2D eigenvalue weighted by molar-refractivity contribution is 6.33. The van der Waals surface area contributed by atoms with Crippen LogP contribution in [0.2, 0.25) is 5.02 Å². The van der Waals surface area contributed by atoms with Crippen molar-refractivity contribution in [1.29, 1.82) is 0 Å². The number of rotatable bonds is 2. The Labute approximate surface area is 97.7 Å². The molecule has 0 spiro atoms. The molecule has 82 valence electrons. The van der Waals surface area contributed by atoms with Crippen molar-refractivity contribution in [2.45, 2.75) is 0 Å². The maximum absolute atomic E-state index is 11.2. The van der Waals surface area contributed by atoms with Gasteiger partial charge in [0, 0.05) is 17.3 Å². The molecule has 3 nitrogen and oxygen atoms in total. The minimum absolute atomic E-state index is 0.156. The van der Waals surface area contributed by atoms with Gasteiger partial charge in [0.1, 0.15) is 5.75 Å². The SMILES string of the molecule is COc1ccc(Cl)c(-c2cccc(=O)[nH]2)c1. The summed E-state index contributed by atoms with van der Waals surface area (Å²) in [5.41, 5.74) is 1.27. The van der Waals surface area contributed by atoms with Crippen molar-refractivity contribution in [3.8, 4) is 17.0 Å². The van der Waals surface area contributed by atoms with Crippen LogP contribution in [0.25, 0.3) is 11.3 Å². The van der Waals surface area contributed by atoms with E-state index in [1.807, 2.05) is 0 Å². The van der Waals surface area contributed by atoms with E-state index in [1.165, 1.54) is 6.07 Å². The first-order valence-electron chi connectivity index (χ1n) is 4.74. The number of aromatic nitrogens is 1. The molecule has 2 aromatic rings. The predicted molar refractivity (Wildman–Crippen MR) is 64.1 cm³/mol. The number of hydrogen-bond donors (Lipinski definition) is 1. The van der Waals surface area contributed by atoms with E-state index in [-0.39, 0.29) is 5.56 Å². The molecular formula is C12H10ClNO2. The number of hydrogen-bond acceptors (Lipinski definition) is 2. The highest BCUT2D eigenvalue weighted by Gasteiger charge is 2.05. The fraction of sp³-hybridized carbons (Fsp3) is 0.0833. The Morgan fingerprint density at radius 1 is 1.25 bits per heavy atom. The number of aromatic amines is 1. The molecular weight excluding hydrogens is 226 g/mol. The first-order valence-corrected chi connectivity index (χ1v) is 5.12. The summed E-state index contributed by atoms with van der Waals surface area (Å²) < 4.78 is 5.11. The van der Waals surface area contributed by atoms with Crippen molar-refractivity contribution in [2.75, 3.05) is 7.11 Å². The second-order valence-corrected chi connectivity index (χ2v) is 3.68. The van der Waals surface area contributed by atoms with E-state index in [4.69, 9.17) is 16.3 Å². The minimum atomic E-state index is -0.156. The first kappa shape index (κ1) is 10.8. The topological polar surface area (TPSA) is 42.1 Å². The maximum Gasteiger partial charge on any atom is 0.248 e. The van der Waals surface area contributed by atoms with Crippen LogP contribution in [0.5, 0.6) is 5.75 Å². The number of pyridine rings is 1. The summed E-state index contributed by atoms with van der Waals surface area (Å²) >= 11 is 6.06. The normalized spacial score (nSPS) is 10.1. The molecule has 0 aliphatic heterocycles. The molecule has 1 aromatic heterocycles. The van der Waals surface area contributed by atoms with Crippen LogP contribution < -0.4 is 10.3 Å². The summed E-state index contributed by atoms with van der Waals surface area (Å²) in [6.07, 6.45) is 0. The molecule has 0 aliphatic carbocycles. The molecule has 0 saturated heterocycles. The average molecular weight is 236 g/mol. The number of halogens is 1. The monoisotopic (exact) mass is 235 g/mol. The molecule has 0 amide bonds. The zero-order valence-corrected chi connectivity index (χ0v) is 9.41. The molecule has 1 N–H and O–H groups in total. The lowest BCUT2D eigenvalue weighted by molar-refractivity contribution is 0.415. The van der Waals surface area contributed by atoms with Gasteiger partial charge in [-0.15, -0.1) is 0 Å². The van der Waals surface area contributed by atoms with Crippen LogP contribution in [0.4, 0.5) is 0 Å². The van der Waals surface area contributed by atoms with Gasteiger partial charge in [0.05, 0.1) is 12.1 Å². The smallest absolute Gasteiger partial charge is 0.248 e. The van der Waals surface area contributed by atoms with E-state index < -0.39 is 0 Å². The molecule has 0 radical (unpaired) electrons. The number of benzene rings is 1. The Kier molecular flexibility index (Phi) is 2.97. The maximum atomic E-state index is 11.2. The van der Waals surface area contributed by atoms with E-state index in [0.717, 1.165) is 5.56 Å². The lowest BCUT2D eigenvalue weighted by atomic mass is 10.1. The average Bonchev–Trinajstić information content (AvgIpc) is 2.30. The third-order valence-corrected chi connectivity index (χ3v) is 2.56. The van der Waals surface area contributed by atoms with Crippen LogP contribution in [-0.2, 0) is 0 Å². The standard InChI is InChI=1S/C12H10ClNO2/c1-16-8-5-6-10(13)9(7-8)11-3-2-4-12(15)14-11/h2-7H,1H3,(H,14,15). The molecule has 0 bridgehead atoms. The highest BCUT2D eigenvalue weighted by atomic mass is 35.5. The molecule has 0 saturated carbocycles. The van der Waals surface area contributed by atoms with Gasteiger partial charge in [0.2, 0.25) is 5.56 Å². The third-order valence-electron chi connectivity index (χ3n) is 2.23. The summed E-state index contributed by atoms with van der Waals surface area (Å²) in [5.74, 6) is 0.698. The Balaban J connectivity index is 2.58. The molecule has 4 heteroatoms. The van der Waals surface area contributed by atoms with E-state index >= 15 is 0 Å². The van der Waals surface area contributed by atoms with Crippen LogP contribution in [0, 0.1) is 0 Å². The van der Waals surface area contributed by atoms with Crippen molar-refractivity contribution in [2.24, 2.45) is 0 Å². The summed E-state index contributed by atoms with van der Waals surface area (Å²) in [6.45, 7) is 0. The Morgan fingerprint density at radius 2 is 2.06 bits per heavy atom. The van der Waals surface area contributed by atoms with Crippen LogP contribution in [0.1, 0.15) is 0 Å². The molecule has 0 aliphatic rings. The van der Waals surface area contributed by atoms with Crippen LogP contribution in [-0.4, -0.2) is 12.1 Å². The second kappa shape index (κ2) is 4.41. The van der Waals surface area contributed by atoms with Crippen molar-refractivity contribution >= 4 is 11.6 Å². The Bertz CT molecular complexity index is 563. The highest BCUT2D eigenvalue weighted by Crippen LogP contribution is 2.29. The van der Waals surface area contributed by atoms with Gasteiger partial charge in [-0.1, -0.05) is 17.7 Å². The number of methoxy groups -OCH3 is 1. The van der Waals surface area contributed by atoms with E-state index in [1.54, 1.807) is 37.4 Å². The van der Waals surface area contributed by atoms with Crippen LogP contribution >= 0.6 is 11.6 Å². The summed E-state index contributed by atoms with van der Waals surface area (Å²) in [7, 11) is 1.58. The second-order valence-electron chi connectivity index (χ2n) is 3.27. The summed E-state index contributed by atoms with van der Waals surface area (Å²) in [4.78, 5) is 13.9. The zero-order chi connectivity index (χ0) is 11.5. The van der Waals surface area contributed by atoms with Gasteiger partial charge in [-0.3, -0.25) is 4.79 Å². The number of nitrogens with one attached hydrogen (secondary N) is 1. The van der Waals surface area contributed by atoms with E-state index in [0.29, 0.717) is 16.5 Å². The minimum Gasteiger partial charge on any atom is -0.497 e. The predicted octanol–water partition coefficient (Wildman–Crippen LogP) is 2.70. The van der Waals surface area contributed by atoms with Gasteiger partial charge in [0.25, 0.3) is 0 Å². The molecule has 1 heterocycles. The van der Waals surface area contributed by atoms with Crippen molar-refractivity contribution in [1.82, 2.24) is 4.98 Å². The zero-order valence-electron chi connectivity index (χ0n) is 8.66. The molecule has 16 heavy (non-hydrogen) atoms. The third kappa shape index (κ3) is 2.09. The summed E-state index contributed by atoms with van der Waals surface area (Å²) in [5, 5.41) is 0.572. The quantitative estimate of drug-likeness (QED) is 0.870.